The van der Waals surface area contributed by atoms with E-state index in [-0.39, 0.29) is 19.3 Å². The Bertz CT molecular complexity index is 805. The fourth-order valence-corrected chi connectivity index (χ4v) is 2.38. The molecule has 0 radical (unpaired) electrons. The first kappa shape index (κ1) is 14.4. The average molecular weight is 326 g/mol. The summed E-state index contributed by atoms with van der Waals surface area (Å²) in [6, 6.07) is 12.6. The maximum atomic E-state index is 12.1. The first-order valence-electron chi connectivity index (χ1n) is 7.41. The molecule has 2 aliphatic heterocycles. The molecule has 2 aromatic carbocycles. The van der Waals surface area contributed by atoms with E-state index in [1.54, 1.807) is 24.3 Å². The number of para-hydroxylation sites is 2. The molecule has 7 heteroatoms. The predicted molar refractivity (Wildman–Crippen MR) is 84.7 cm³/mol. The van der Waals surface area contributed by atoms with E-state index in [2.05, 4.69) is 10.5 Å². The molecule has 0 unspecified atom stereocenters. The van der Waals surface area contributed by atoms with Gasteiger partial charge in [-0.3, -0.25) is 4.79 Å². The molecule has 7 nitrogen and oxygen atoms in total. The summed E-state index contributed by atoms with van der Waals surface area (Å²) in [4.78, 5) is 12.1. The van der Waals surface area contributed by atoms with Crippen LogP contribution in [0.2, 0.25) is 0 Å². The second-order valence-electron chi connectivity index (χ2n) is 5.21. The third-order valence-electron chi connectivity index (χ3n) is 3.59. The van der Waals surface area contributed by atoms with Gasteiger partial charge in [0.25, 0.3) is 5.91 Å². The lowest BCUT2D eigenvalue weighted by atomic mass is 10.2. The Morgan fingerprint density at radius 1 is 1.04 bits per heavy atom. The summed E-state index contributed by atoms with van der Waals surface area (Å²) in [6.45, 7) is 0.357. The summed E-state index contributed by atoms with van der Waals surface area (Å²) in [5.74, 6) is 2.16. The van der Waals surface area contributed by atoms with Gasteiger partial charge in [0.05, 0.1) is 6.21 Å². The number of hydrogen-bond acceptors (Lipinski definition) is 6. The molecule has 1 N–H and O–H groups in total. The number of hydrogen-bond donors (Lipinski definition) is 1. The molecule has 2 heterocycles. The highest BCUT2D eigenvalue weighted by atomic mass is 16.7. The van der Waals surface area contributed by atoms with E-state index in [1.807, 2.05) is 18.2 Å². The SMILES string of the molecule is O=C(N/N=C\c1ccc2c(c1)OCO2)[C@H]1COc2ccccc2O1. The van der Waals surface area contributed by atoms with Gasteiger partial charge in [-0.15, -0.1) is 0 Å². The molecule has 4 rings (SSSR count). The van der Waals surface area contributed by atoms with Gasteiger partial charge in [0.2, 0.25) is 12.9 Å². The molecule has 1 amide bonds. The zero-order valence-electron chi connectivity index (χ0n) is 12.6. The lowest BCUT2D eigenvalue weighted by Crippen LogP contribution is -2.42. The van der Waals surface area contributed by atoms with Gasteiger partial charge in [0.15, 0.2) is 23.0 Å². The zero-order chi connectivity index (χ0) is 16.4. The summed E-state index contributed by atoms with van der Waals surface area (Å²) in [7, 11) is 0. The highest BCUT2D eigenvalue weighted by Gasteiger charge is 2.27. The van der Waals surface area contributed by atoms with Crippen LogP contribution in [0.25, 0.3) is 0 Å². The second-order valence-corrected chi connectivity index (χ2v) is 5.21. The number of benzene rings is 2. The van der Waals surface area contributed by atoms with Crippen LogP contribution < -0.4 is 24.4 Å². The second kappa shape index (κ2) is 6.11. The standard InChI is InChI=1S/C17H14N2O5/c20-17(16-9-21-12-3-1-2-4-14(12)24-16)19-18-8-11-5-6-13-15(7-11)23-10-22-13/h1-8,16H,9-10H2,(H,19,20)/b18-8-/t16-/m1/s1. The number of carbonyl (C=O) groups excluding carboxylic acids is 1. The molecule has 0 aromatic heterocycles. The van der Waals surface area contributed by atoms with E-state index >= 15 is 0 Å². The number of amides is 1. The van der Waals surface area contributed by atoms with Crippen molar-refractivity contribution >= 4 is 12.1 Å². The molecule has 2 aliphatic rings. The lowest BCUT2D eigenvalue weighted by molar-refractivity contribution is -0.130. The minimum absolute atomic E-state index is 0.141. The van der Waals surface area contributed by atoms with E-state index in [1.165, 1.54) is 6.21 Å². The number of fused-ring (bicyclic) bond motifs is 2. The molecular weight excluding hydrogens is 312 g/mol. The number of nitrogens with one attached hydrogen (secondary N) is 1. The molecular formula is C17H14N2O5. The number of hydrazone groups is 1. The third kappa shape index (κ3) is 2.83. The van der Waals surface area contributed by atoms with Gasteiger partial charge < -0.3 is 18.9 Å². The van der Waals surface area contributed by atoms with Gasteiger partial charge in [0.1, 0.15) is 6.61 Å². The first-order valence-corrected chi connectivity index (χ1v) is 7.41. The topological polar surface area (TPSA) is 78.4 Å². The van der Waals surface area contributed by atoms with Crippen LogP contribution in [0.4, 0.5) is 0 Å². The molecule has 0 spiro atoms. The Kier molecular flexibility index (Phi) is 3.66. The summed E-state index contributed by atoms with van der Waals surface area (Å²) in [5, 5.41) is 3.94. The quantitative estimate of drug-likeness (QED) is 0.686. The molecule has 0 saturated heterocycles. The lowest BCUT2D eigenvalue weighted by Gasteiger charge is -2.24. The van der Waals surface area contributed by atoms with Crippen molar-refractivity contribution in [3.05, 3.63) is 48.0 Å². The van der Waals surface area contributed by atoms with Gasteiger partial charge in [-0.25, -0.2) is 5.43 Å². The molecule has 1 atom stereocenters. The van der Waals surface area contributed by atoms with Crippen molar-refractivity contribution < 1.29 is 23.7 Å². The van der Waals surface area contributed by atoms with E-state index in [4.69, 9.17) is 18.9 Å². The predicted octanol–water partition coefficient (Wildman–Crippen LogP) is 1.71. The van der Waals surface area contributed by atoms with Crippen LogP contribution >= 0.6 is 0 Å². The monoisotopic (exact) mass is 326 g/mol. The van der Waals surface area contributed by atoms with Gasteiger partial charge in [-0.1, -0.05) is 12.1 Å². The van der Waals surface area contributed by atoms with Gasteiger partial charge in [-0.2, -0.15) is 5.10 Å². The zero-order valence-corrected chi connectivity index (χ0v) is 12.6. The van der Waals surface area contributed by atoms with E-state index in [0.29, 0.717) is 23.0 Å². The number of nitrogens with zero attached hydrogens (tertiary/aromatic N) is 1. The number of rotatable bonds is 3. The van der Waals surface area contributed by atoms with Crippen LogP contribution in [-0.2, 0) is 4.79 Å². The molecule has 122 valence electrons. The average Bonchev–Trinajstić information content (AvgIpc) is 3.09. The van der Waals surface area contributed by atoms with Crippen LogP contribution in [0, 0.1) is 0 Å². The summed E-state index contributed by atoms with van der Waals surface area (Å²) in [6.07, 6.45) is 0.783. The van der Waals surface area contributed by atoms with Crippen LogP contribution in [-0.4, -0.2) is 31.6 Å². The van der Waals surface area contributed by atoms with Crippen molar-refractivity contribution in [3.63, 3.8) is 0 Å². The van der Waals surface area contributed by atoms with Gasteiger partial charge in [0, 0.05) is 0 Å². The Hall–Kier alpha value is -3.22. The smallest absolute Gasteiger partial charge is 0.284 e. The largest absolute Gasteiger partial charge is 0.485 e. The van der Waals surface area contributed by atoms with Crippen molar-refractivity contribution in [1.29, 1.82) is 0 Å². The van der Waals surface area contributed by atoms with Crippen LogP contribution in [0.5, 0.6) is 23.0 Å². The maximum absolute atomic E-state index is 12.1. The Morgan fingerprint density at radius 2 is 1.83 bits per heavy atom. The number of ether oxygens (including phenoxy) is 4. The van der Waals surface area contributed by atoms with Crippen molar-refractivity contribution in [2.45, 2.75) is 6.10 Å². The van der Waals surface area contributed by atoms with Crippen LogP contribution in [0.1, 0.15) is 5.56 Å². The minimum atomic E-state index is -0.742. The molecule has 2 aromatic rings. The third-order valence-corrected chi connectivity index (χ3v) is 3.59. The number of carbonyl (C=O) groups is 1. The molecule has 0 bridgehead atoms. The van der Waals surface area contributed by atoms with Gasteiger partial charge in [-0.05, 0) is 35.9 Å². The Balaban J connectivity index is 1.37. The van der Waals surface area contributed by atoms with Crippen LogP contribution in [0.3, 0.4) is 0 Å². The van der Waals surface area contributed by atoms with Gasteiger partial charge >= 0.3 is 0 Å². The fourth-order valence-electron chi connectivity index (χ4n) is 2.38. The molecule has 24 heavy (non-hydrogen) atoms. The van der Waals surface area contributed by atoms with Crippen LogP contribution in [0.15, 0.2) is 47.6 Å². The van der Waals surface area contributed by atoms with E-state index in [0.717, 1.165) is 5.56 Å². The maximum Gasteiger partial charge on any atom is 0.284 e. The summed E-state index contributed by atoms with van der Waals surface area (Å²) >= 11 is 0. The van der Waals surface area contributed by atoms with Crippen molar-refractivity contribution in [1.82, 2.24) is 5.43 Å². The van der Waals surface area contributed by atoms with E-state index in [9.17, 15) is 4.79 Å². The highest BCUT2D eigenvalue weighted by Crippen LogP contribution is 2.32. The Morgan fingerprint density at radius 3 is 2.75 bits per heavy atom. The molecule has 0 aliphatic carbocycles. The molecule has 0 fully saturated rings. The minimum Gasteiger partial charge on any atom is -0.485 e. The van der Waals surface area contributed by atoms with Crippen molar-refractivity contribution in [2.24, 2.45) is 5.10 Å². The Labute approximate surface area is 137 Å². The normalized spacial score (nSPS) is 17.8. The van der Waals surface area contributed by atoms with Crippen molar-refractivity contribution in [3.8, 4) is 23.0 Å². The summed E-state index contributed by atoms with van der Waals surface area (Å²) < 4.78 is 21.6. The van der Waals surface area contributed by atoms with E-state index < -0.39 is 6.10 Å². The fraction of sp³-hybridized carbons (Fsp3) is 0.176. The van der Waals surface area contributed by atoms with Crippen molar-refractivity contribution in [2.75, 3.05) is 13.4 Å². The molecule has 0 saturated carbocycles. The summed E-state index contributed by atoms with van der Waals surface area (Å²) in [5.41, 5.74) is 3.24. The first-order chi connectivity index (χ1) is 11.8. The highest BCUT2D eigenvalue weighted by molar-refractivity contribution is 5.85.